The molecule has 0 fully saturated rings. The summed E-state index contributed by atoms with van der Waals surface area (Å²) in [6.07, 6.45) is -13.4. The summed E-state index contributed by atoms with van der Waals surface area (Å²) in [7, 11) is 0. The van der Waals surface area contributed by atoms with Gasteiger partial charge in [-0.3, -0.25) is 0 Å². The second-order valence-electron chi connectivity index (χ2n) is 3.95. The number of aryl methyl sites for hydroxylation is 1. The Hall–Kier alpha value is -1.77. The van der Waals surface area contributed by atoms with E-state index in [-0.39, 0.29) is 0 Å². The van der Waals surface area contributed by atoms with Crippen molar-refractivity contribution in [3.63, 3.8) is 0 Å². The smallest absolute Gasteiger partial charge is 0.417 e. The Labute approximate surface area is 108 Å². The molecule has 20 heavy (non-hydrogen) atoms. The van der Waals surface area contributed by atoms with Crippen molar-refractivity contribution >= 4 is 5.97 Å². The second-order valence-corrected chi connectivity index (χ2v) is 3.95. The first kappa shape index (κ1) is 16.3. The number of aliphatic carboxylic acids is 1. The van der Waals surface area contributed by atoms with Gasteiger partial charge in [-0.2, -0.15) is 26.3 Å². The lowest BCUT2D eigenvalue weighted by Crippen LogP contribution is -2.24. The lowest BCUT2D eigenvalue weighted by Gasteiger charge is -2.22. The van der Waals surface area contributed by atoms with E-state index in [0.717, 1.165) is 6.92 Å². The molecule has 0 saturated carbocycles. The maximum absolute atomic E-state index is 12.8. The summed E-state index contributed by atoms with van der Waals surface area (Å²) in [5, 5.41) is 17.7. The van der Waals surface area contributed by atoms with Crippen LogP contribution in [0.4, 0.5) is 26.3 Å². The molecule has 2 N–H and O–H groups in total. The molecular formula is C11H8F6O3. The van der Waals surface area contributed by atoms with Crippen molar-refractivity contribution in [1.29, 1.82) is 0 Å². The van der Waals surface area contributed by atoms with Gasteiger partial charge in [0, 0.05) is 5.56 Å². The summed E-state index contributed by atoms with van der Waals surface area (Å²) in [5.74, 6) is -2.20. The molecule has 3 nitrogen and oxygen atoms in total. The molecule has 0 radical (unpaired) electrons. The van der Waals surface area contributed by atoms with Crippen LogP contribution in [0.5, 0.6) is 0 Å². The molecule has 0 aliphatic carbocycles. The number of halogens is 6. The number of hydrogen-bond acceptors (Lipinski definition) is 2. The number of hydrogen-bond donors (Lipinski definition) is 2. The van der Waals surface area contributed by atoms with Gasteiger partial charge in [-0.15, -0.1) is 0 Å². The molecule has 112 valence electrons. The number of aliphatic hydroxyl groups is 1. The average molecular weight is 302 g/mol. The normalized spacial score (nSPS) is 14.2. The zero-order valence-electron chi connectivity index (χ0n) is 9.80. The van der Waals surface area contributed by atoms with Gasteiger partial charge < -0.3 is 10.2 Å². The third-order valence-corrected chi connectivity index (χ3v) is 2.55. The van der Waals surface area contributed by atoms with Gasteiger partial charge in [0.1, 0.15) is 0 Å². The van der Waals surface area contributed by atoms with E-state index in [4.69, 9.17) is 5.11 Å². The maximum atomic E-state index is 12.8. The van der Waals surface area contributed by atoms with Gasteiger partial charge in [0.25, 0.3) is 0 Å². The van der Waals surface area contributed by atoms with Gasteiger partial charge in [-0.05, 0) is 18.6 Å². The van der Waals surface area contributed by atoms with Gasteiger partial charge in [-0.1, -0.05) is 6.07 Å². The molecule has 1 aromatic carbocycles. The Morgan fingerprint density at radius 2 is 1.60 bits per heavy atom. The number of alkyl halides is 6. The predicted octanol–water partition coefficient (Wildman–Crippen LogP) is 3.15. The summed E-state index contributed by atoms with van der Waals surface area (Å²) in [4.78, 5) is 10.6. The Bertz CT molecular complexity index is 532. The second kappa shape index (κ2) is 4.97. The molecule has 1 aromatic rings. The lowest BCUT2D eigenvalue weighted by molar-refractivity contribution is -0.153. The number of carboxylic acids is 1. The standard InChI is InChI=1S/C11H8F6O3/c1-4-2-3-5(10(12,13)14)6(8(18)9(19)20)7(4)11(15,16)17/h2-3,8,18H,1H3,(H,19,20). The van der Waals surface area contributed by atoms with Gasteiger partial charge in [0.05, 0.1) is 11.1 Å². The number of rotatable bonds is 2. The number of carboxylic acid groups (broad SMARTS) is 1. The zero-order chi connectivity index (χ0) is 15.9. The maximum Gasteiger partial charge on any atom is 0.417 e. The van der Waals surface area contributed by atoms with Gasteiger partial charge in [-0.25, -0.2) is 4.79 Å². The third kappa shape index (κ3) is 3.03. The quantitative estimate of drug-likeness (QED) is 0.825. The molecule has 9 heteroatoms. The fourth-order valence-corrected chi connectivity index (χ4v) is 1.76. The minimum Gasteiger partial charge on any atom is -0.479 e. The highest BCUT2D eigenvalue weighted by atomic mass is 19.4. The van der Waals surface area contributed by atoms with E-state index in [2.05, 4.69) is 0 Å². The fraction of sp³-hybridized carbons (Fsp3) is 0.364. The zero-order valence-corrected chi connectivity index (χ0v) is 9.80. The summed E-state index contributed by atoms with van der Waals surface area (Å²) in [5.41, 5.74) is -5.93. The first-order chi connectivity index (χ1) is 8.87. The fourth-order valence-electron chi connectivity index (χ4n) is 1.76. The number of aliphatic hydroxyl groups excluding tert-OH is 1. The highest BCUT2D eigenvalue weighted by molar-refractivity contribution is 5.76. The minimum atomic E-state index is -5.23. The van der Waals surface area contributed by atoms with Crippen LogP contribution in [0.1, 0.15) is 28.4 Å². The van der Waals surface area contributed by atoms with Crippen molar-refractivity contribution in [1.82, 2.24) is 0 Å². The van der Waals surface area contributed by atoms with Crippen molar-refractivity contribution < 1.29 is 41.4 Å². The van der Waals surface area contributed by atoms with Crippen molar-refractivity contribution in [2.24, 2.45) is 0 Å². The van der Waals surface area contributed by atoms with Crippen molar-refractivity contribution in [2.75, 3.05) is 0 Å². The van der Waals surface area contributed by atoms with Crippen LogP contribution in [0, 0.1) is 6.92 Å². The van der Waals surface area contributed by atoms with Gasteiger partial charge in [0.2, 0.25) is 0 Å². The molecule has 0 aliphatic rings. The van der Waals surface area contributed by atoms with E-state index >= 15 is 0 Å². The van der Waals surface area contributed by atoms with Crippen LogP contribution < -0.4 is 0 Å². The first-order valence-electron chi connectivity index (χ1n) is 5.06. The Balaban J connectivity index is 3.79. The Kier molecular flexibility index (Phi) is 4.04. The molecule has 1 rings (SSSR count). The molecule has 0 bridgehead atoms. The molecule has 0 aromatic heterocycles. The largest absolute Gasteiger partial charge is 0.479 e. The monoisotopic (exact) mass is 302 g/mol. The topological polar surface area (TPSA) is 57.5 Å². The third-order valence-electron chi connectivity index (χ3n) is 2.55. The SMILES string of the molecule is Cc1ccc(C(F)(F)F)c(C(O)C(=O)O)c1C(F)(F)F. The number of benzene rings is 1. The molecule has 0 spiro atoms. The van der Waals surface area contributed by atoms with Gasteiger partial charge in [0.15, 0.2) is 6.10 Å². The van der Waals surface area contributed by atoms with Crippen LogP contribution in [0.15, 0.2) is 12.1 Å². The van der Waals surface area contributed by atoms with Crippen LogP contribution >= 0.6 is 0 Å². The van der Waals surface area contributed by atoms with Crippen LogP contribution in [-0.2, 0) is 17.1 Å². The molecule has 0 saturated heterocycles. The van der Waals surface area contributed by atoms with E-state index in [1.54, 1.807) is 0 Å². The molecule has 1 atom stereocenters. The Morgan fingerprint density at radius 1 is 1.10 bits per heavy atom. The van der Waals surface area contributed by atoms with Crippen molar-refractivity contribution in [2.45, 2.75) is 25.4 Å². The van der Waals surface area contributed by atoms with E-state index in [0.29, 0.717) is 12.1 Å². The molecule has 0 amide bonds. The van der Waals surface area contributed by atoms with Crippen molar-refractivity contribution in [3.8, 4) is 0 Å². The van der Waals surface area contributed by atoms with Crippen LogP contribution in [0.2, 0.25) is 0 Å². The van der Waals surface area contributed by atoms with Crippen LogP contribution in [0.3, 0.4) is 0 Å². The summed E-state index contributed by atoms with van der Waals surface area (Å²) in [6.45, 7) is 0.876. The number of carbonyl (C=O) groups is 1. The highest BCUT2D eigenvalue weighted by Gasteiger charge is 2.44. The Morgan fingerprint density at radius 3 is 1.95 bits per heavy atom. The first-order valence-corrected chi connectivity index (χ1v) is 5.06. The van der Waals surface area contributed by atoms with E-state index < -0.39 is 46.7 Å². The molecule has 0 heterocycles. The van der Waals surface area contributed by atoms with E-state index in [1.165, 1.54) is 0 Å². The molecular weight excluding hydrogens is 294 g/mol. The summed E-state index contributed by atoms with van der Waals surface area (Å²) >= 11 is 0. The predicted molar refractivity (Wildman–Crippen MR) is 53.8 cm³/mol. The highest BCUT2D eigenvalue weighted by Crippen LogP contribution is 2.43. The van der Waals surface area contributed by atoms with E-state index in [1.807, 2.05) is 0 Å². The molecule has 1 unspecified atom stereocenters. The van der Waals surface area contributed by atoms with Crippen LogP contribution in [-0.4, -0.2) is 16.2 Å². The summed E-state index contributed by atoms with van der Waals surface area (Å²) in [6, 6.07) is 0.885. The lowest BCUT2D eigenvalue weighted by atomic mass is 9.92. The van der Waals surface area contributed by atoms with Gasteiger partial charge >= 0.3 is 18.3 Å². The average Bonchev–Trinajstić information content (AvgIpc) is 2.23. The minimum absolute atomic E-state index is 0.312. The van der Waals surface area contributed by atoms with E-state index in [9.17, 15) is 36.2 Å². The van der Waals surface area contributed by atoms with Crippen molar-refractivity contribution in [3.05, 3.63) is 34.4 Å². The van der Waals surface area contributed by atoms with Crippen LogP contribution in [0.25, 0.3) is 0 Å². The molecule has 0 aliphatic heterocycles. The summed E-state index contributed by atoms with van der Waals surface area (Å²) < 4.78 is 76.6.